The second-order valence-electron chi connectivity index (χ2n) is 6.43. The number of halogens is 2. The number of nitrogens with zero attached hydrogens (tertiary/aromatic N) is 1. The maximum Gasteiger partial charge on any atom is 0.254 e. The molecule has 1 heterocycles. The average Bonchev–Trinajstić information content (AvgIpc) is 3.12. The Kier molecular flexibility index (Phi) is 5.43. The minimum atomic E-state index is -1.12. The summed E-state index contributed by atoms with van der Waals surface area (Å²) in [6.45, 7) is -0.0980. The van der Waals surface area contributed by atoms with Gasteiger partial charge in [0.25, 0.3) is 5.91 Å². The van der Waals surface area contributed by atoms with Gasteiger partial charge < -0.3 is 10.4 Å². The predicted molar refractivity (Wildman–Crippen MR) is 88.1 cm³/mol. The summed E-state index contributed by atoms with van der Waals surface area (Å²) in [6, 6.07) is 3.17. The van der Waals surface area contributed by atoms with Gasteiger partial charge in [0.2, 0.25) is 0 Å². The summed E-state index contributed by atoms with van der Waals surface area (Å²) in [5.41, 5.74) is 1.52. The Hall–Kier alpha value is -2.28. The summed E-state index contributed by atoms with van der Waals surface area (Å²) >= 11 is 0. The van der Waals surface area contributed by atoms with E-state index in [2.05, 4.69) is 15.5 Å². The van der Waals surface area contributed by atoms with Crippen LogP contribution in [0, 0.1) is 11.6 Å². The van der Waals surface area contributed by atoms with E-state index in [1.807, 2.05) is 0 Å². The molecule has 0 radical (unpaired) electrons. The van der Waals surface area contributed by atoms with Crippen molar-refractivity contribution in [3.8, 4) is 0 Å². The molecular weight excluding hydrogens is 328 g/mol. The highest BCUT2D eigenvalue weighted by atomic mass is 19.2. The highest BCUT2D eigenvalue weighted by Gasteiger charge is 2.23. The van der Waals surface area contributed by atoms with E-state index in [1.165, 1.54) is 18.7 Å². The van der Waals surface area contributed by atoms with Gasteiger partial charge in [0.05, 0.1) is 23.6 Å². The second kappa shape index (κ2) is 7.74. The van der Waals surface area contributed by atoms with Gasteiger partial charge in [0.1, 0.15) is 0 Å². The molecule has 1 unspecified atom stereocenters. The number of H-pyrrole nitrogens is 1. The van der Waals surface area contributed by atoms with Crippen LogP contribution >= 0.6 is 0 Å². The molecule has 1 fully saturated rings. The normalized spacial score (nSPS) is 16.6. The predicted octanol–water partition coefficient (Wildman–Crippen LogP) is 3.20. The van der Waals surface area contributed by atoms with E-state index in [0.29, 0.717) is 11.5 Å². The maximum absolute atomic E-state index is 13.2. The number of carbonyl (C=O) groups excluding carboxylic acids is 1. The molecule has 1 aliphatic carbocycles. The highest BCUT2D eigenvalue weighted by Crippen LogP contribution is 2.33. The Bertz CT molecular complexity index is 742. The van der Waals surface area contributed by atoms with Crippen molar-refractivity contribution < 1.29 is 18.7 Å². The minimum absolute atomic E-state index is 0.0980. The molecule has 1 aromatic carbocycles. The van der Waals surface area contributed by atoms with E-state index >= 15 is 0 Å². The van der Waals surface area contributed by atoms with Gasteiger partial charge in [-0.1, -0.05) is 25.3 Å². The molecule has 25 heavy (non-hydrogen) atoms. The lowest BCUT2D eigenvalue weighted by Gasteiger charge is -2.21. The van der Waals surface area contributed by atoms with Crippen molar-refractivity contribution >= 4 is 5.91 Å². The Morgan fingerprint density at radius 3 is 2.76 bits per heavy atom. The first-order valence-corrected chi connectivity index (χ1v) is 8.50. The third-order valence-corrected chi connectivity index (χ3v) is 4.71. The third kappa shape index (κ3) is 4.04. The van der Waals surface area contributed by atoms with Crippen molar-refractivity contribution in [3.05, 3.63) is 52.9 Å². The minimum Gasteiger partial charge on any atom is -0.387 e. The topological polar surface area (TPSA) is 78.0 Å². The van der Waals surface area contributed by atoms with Gasteiger partial charge in [-0.05, 0) is 30.5 Å². The Balaban J connectivity index is 1.62. The number of carbonyl (C=O) groups is 1. The molecule has 1 amide bonds. The smallest absolute Gasteiger partial charge is 0.254 e. The number of aliphatic hydroxyl groups excluding tert-OH is 1. The summed E-state index contributed by atoms with van der Waals surface area (Å²) < 4.78 is 26.2. The van der Waals surface area contributed by atoms with Gasteiger partial charge in [0, 0.05) is 12.5 Å². The number of rotatable bonds is 5. The zero-order valence-electron chi connectivity index (χ0n) is 13.8. The molecule has 5 nitrogen and oxygen atoms in total. The van der Waals surface area contributed by atoms with Crippen LogP contribution in [0.4, 0.5) is 8.78 Å². The molecule has 7 heteroatoms. The molecule has 0 spiro atoms. The summed E-state index contributed by atoms with van der Waals surface area (Å²) in [7, 11) is 0. The second-order valence-corrected chi connectivity index (χ2v) is 6.43. The number of nitrogens with one attached hydrogen (secondary N) is 2. The van der Waals surface area contributed by atoms with Gasteiger partial charge in [0.15, 0.2) is 11.6 Å². The van der Waals surface area contributed by atoms with E-state index in [0.717, 1.165) is 43.5 Å². The lowest BCUT2D eigenvalue weighted by Crippen LogP contribution is -2.29. The lowest BCUT2D eigenvalue weighted by molar-refractivity contribution is 0.0914. The molecule has 1 saturated carbocycles. The molecule has 1 aromatic heterocycles. The Morgan fingerprint density at radius 1 is 1.28 bits per heavy atom. The van der Waals surface area contributed by atoms with Gasteiger partial charge in [-0.25, -0.2) is 8.78 Å². The molecule has 3 rings (SSSR count). The van der Waals surface area contributed by atoms with Gasteiger partial charge in [-0.3, -0.25) is 9.89 Å². The van der Waals surface area contributed by atoms with E-state index in [9.17, 15) is 18.7 Å². The largest absolute Gasteiger partial charge is 0.387 e. The quantitative estimate of drug-likeness (QED) is 0.776. The monoisotopic (exact) mass is 349 g/mol. The molecule has 2 aromatic rings. The molecule has 1 aliphatic rings. The van der Waals surface area contributed by atoms with E-state index in [4.69, 9.17) is 0 Å². The van der Waals surface area contributed by atoms with Crippen LogP contribution in [0.15, 0.2) is 24.4 Å². The van der Waals surface area contributed by atoms with Crippen molar-refractivity contribution in [3.63, 3.8) is 0 Å². The van der Waals surface area contributed by atoms with E-state index in [-0.39, 0.29) is 18.0 Å². The number of benzene rings is 1. The molecule has 0 bridgehead atoms. The molecule has 0 aliphatic heterocycles. The van der Waals surface area contributed by atoms with Gasteiger partial charge >= 0.3 is 0 Å². The summed E-state index contributed by atoms with van der Waals surface area (Å²) in [5, 5.41) is 19.6. The SMILES string of the molecule is O=C(NCC(O)c1ccc(F)c(F)c1)c1cn[nH]c1C1CCCCC1. The molecule has 1 atom stereocenters. The van der Waals surface area contributed by atoms with Gasteiger partial charge in [-0.2, -0.15) is 5.10 Å². The zero-order chi connectivity index (χ0) is 17.8. The van der Waals surface area contributed by atoms with Crippen LogP contribution in [0.1, 0.15) is 65.7 Å². The first kappa shape index (κ1) is 17.5. The van der Waals surface area contributed by atoms with Crippen molar-refractivity contribution in [2.24, 2.45) is 0 Å². The van der Waals surface area contributed by atoms with E-state index < -0.39 is 17.7 Å². The van der Waals surface area contributed by atoms with Crippen LogP contribution < -0.4 is 5.32 Å². The van der Waals surface area contributed by atoms with Crippen molar-refractivity contribution in [1.82, 2.24) is 15.5 Å². The van der Waals surface area contributed by atoms with Crippen LogP contribution in [-0.4, -0.2) is 27.8 Å². The molecular formula is C18H21F2N3O2. The number of aromatic amines is 1. The summed E-state index contributed by atoms with van der Waals surface area (Å²) in [5.74, 6) is -2.04. The average molecular weight is 349 g/mol. The molecule has 3 N–H and O–H groups in total. The Labute approximate surface area is 144 Å². The number of aliphatic hydroxyl groups is 1. The first-order valence-electron chi connectivity index (χ1n) is 8.50. The van der Waals surface area contributed by atoms with Crippen molar-refractivity contribution in [2.75, 3.05) is 6.54 Å². The van der Waals surface area contributed by atoms with Crippen LogP contribution in [0.5, 0.6) is 0 Å². The fourth-order valence-electron chi connectivity index (χ4n) is 3.30. The van der Waals surface area contributed by atoms with E-state index in [1.54, 1.807) is 0 Å². The standard InChI is InChI=1S/C18H21F2N3O2/c19-14-7-6-12(8-15(14)20)16(24)10-21-18(25)13-9-22-23-17(13)11-4-2-1-3-5-11/h6-9,11,16,24H,1-5,10H2,(H,21,25)(H,22,23). The van der Waals surface area contributed by atoms with Crippen LogP contribution in [-0.2, 0) is 0 Å². The summed E-state index contributed by atoms with van der Waals surface area (Å²) in [4.78, 5) is 12.4. The number of hydrogen-bond acceptors (Lipinski definition) is 3. The van der Waals surface area contributed by atoms with Crippen molar-refractivity contribution in [2.45, 2.75) is 44.1 Å². The third-order valence-electron chi connectivity index (χ3n) is 4.71. The molecule has 134 valence electrons. The van der Waals surface area contributed by atoms with Crippen LogP contribution in [0.25, 0.3) is 0 Å². The number of hydrogen-bond donors (Lipinski definition) is 3. The molecule has 0 saturated heterocycles. The van der Waals surface area contributed by atoms with Crippen molar-refractivity contribution in [1.29, 1.82) is 0 Å². The van der Waals surface area contributed by atoms with Gasteiger partial charge in [-0.15, -0.1) is 0 Å². The van der Waals surface area contributed by atoms with Crippen LogP contribution in [0.3, 0.4) is 0 Å². The lowest BCUT2D eigenvalue weighted by atomic mass is 9.85. The zero-order valence-corrected chi connectivity index (χ0v) is 13.8. The maximum atomic E-state index is 13.2. The fraction of sp³-hybridized carbons (Fsp3) is 0.444. The number of amides is 1. The summed E-state index contributed by atoms with van der Waals surface area (Å²) in [6.07, 6.45) is 5.92. The number of aromatic nitrogens is 2. The Morgan fingerprint density at radius 2 is 2.04 bits per heavy atom. The highest BCUT2D eigenvalue weighted by molar-refractivity contribution is 5.95. The first-order chi connectivity index (χ1) is 12.1. The fourth-order valence-corrected chi connectivity index (χ4v) is 3.30. The van der Waals surface area contributed by atoms with Crippen LogP contribution in [0.2, 0.25) is 0 Å².